The van der Waals surface area contributed by atoms with Crippen molar-refractivity contribution in [2.75, 3.05) is 0 Å². The van der Waals surface area contributed by atoms with E-state index in [4.69, 9.17) is 0 Å². The van der Waals surface area contributed by atoms with Gasteiger partial charge >= 0.3 is 0 Å². The number of aromatic nitrogens is 4. The molecule has 0 saturated heterocycles. The van der Waals surface area contributed by atoms with E-state index < -0.39 is 6.04 Å². The van der Waals surface area contributed by atoms with E-state index >= 15 is 0 Å². The summed E-state index contributed by atoms with van der Waals surface area (Å²) in [7, 11) is 0. The van der Waals surface area contributed by atoms with Crippen molar-refractivity contribution in [3.8, 4) is 0 Å². The fourth-order valence-electron chi connectivity index (χ4n) is 2.67. The average molecular weight is 418 g/mol. The molecule has 0 radical (unpaired) electrons. The van der Waals surface area contributed by atoms with E-state index in [9.17, 15) is 9.18 Å². The molecule has 1 heterocycles. The van der Waals surface area contributed by atoms with Gasteiger partial charge in [0.2, 0.25) is 5.91 Å². The standard InChI is InChI=1S/C18H17BrFN5O/c1-12-22-23-24-25(12)17(9-13-5-3-2-4-6-13)18(26)21-11-14-7-15(19)10-16(20)8-14/h2-8,10,17H,9,11H2,1H3,(H,21,26). The number of nitrogens with one attached hydrogen (secondary N) is 1. The smallest absolute Gasteiger partial charge is 0.245 e. The number of tetrazole rings is 1. The van der Waals surface area contributed by atoms with Crippen LogP contribution in [0.4, 0.5) is 4.39 Å². The number of benzene rings is 2. The van der Waals surface area contributed by atoms with Crippen LogP contribution in [-0.4, -0.2) is 26.1 Å². The lowest BCUT2D eigenvalue weighted by Crippen LogP contribution is -2.34. The Hall–Kier alpha value is -2.61. The molecule has 0 aliphatic carbocycles. The van der Waals surface area contributed by atoms with Crippen molar-refractivity contribution in [2.24, 2.45) is 0 Å². The number of carbonyl (C=O) groups is 1. The number of aryl methyl sites for hydroxylation is 1. The summed E-state index contributed by atoms with van der Waals surface area (Å²) in [6, 6.07) is 13.6. The first kappa shape index (κ1) is 18.2. The van der Waals surface area contributed by atoms with Crippen molar-refractivity contribution in [1.82, 2.24) is 25.5 Å². The predicted octanol–water partition coefficient (Wildman–Crippen LogP) is 2.98. The highest BCUT2D eigenvalue weighted by Gasteiger charge is 2.24. The first-order valence-electron chi connectivity index (χ1n) is 8.04. The summed E-state index contributed by atoms with van der Waals surface area (Å²) in [5, 5.41) is 14.3. The number of rotatable bonds is 6. The summed E-state index contributed by atoms with van der Waals surface area (Å²) in [4.78, 5) is 12.8. The third-order valence-electron chi connectivity index (χ3n) is 3.92. The molecule has 26 heavy (non-hydrogen) atoms. The Morgan fingerprint density at radius 3 is 2.65 bits per heavy atom. The van der Waals surface area contributed by atoms with Gasteiger partial charge in [0.1, 0.15) is 17.7 Å². The number of hydrogen-bond acceptors (Lipinski definition) is 4. The SMILES string of the molecule is Cc1nnnn1C(Cc1ccccc1)C(=O)NCc1cc(F)cc(Br)c1. The Labute approximate surface area is 158 Å². The molecule has 1 N–H and O–H groups in total. The lowest BCUT2D eigenvalue weighted by Gasteiger charge is -2.18. The van der Waals surface area contributed by atoms with E-state index in [0.717, 1.165) is 5.56 Å². The van der Waals surface area contributed by atoms with Gasteiger partial charge in [-0.2, -0.15) is 0 Å². The van der Waals surface area contributed by atoms with Crippen molar-refractivity contribution in [1.29, 1.82) is 0 Å². The van der Waals surface area contributed by atoms with Crippen LogP contribution >= 0.6 is 15.9 Å². The average Bonchev–Trinajstić information content (AvgIpc) is 3.03. The van der Waals surface area contributed by atoms with Crippen LogP contribution in [0.3, 0.4) is 0 Å². The highest BCUT2D eigenvalue weighted by atomic mass is 79.9. The number of amides is 1. The van der Waals surface area contributed by atoms with Crippen LogP contribution in [-0.2, 0) is 17.8 Å². The molecule has 0 fully saturated rings. The normalized spacial score (nSPS) is 12.0. The fourth-order valence-corrected chi connectivity index (χ4v) is 3.19. The third kappa shape index (κ3) is 4.51. The maximum atomic E-state index is 13.5. The molecule has 0 bridgehead atoms. The molecule has 2 aromatic carbocycles. The van der Waals surface area contributed by atoms with Gasteiger partial charge in [-0.3, -0.25) is 4.79 Å². The van der Waals surface area contributed by atoms with Crippen LogP contribution in [0.2, 0.25) is 0 Å². The molecule has 1 unspecified atom stereocenters. The second-order valence-corrected chi connectivity index (χ2v) is 6.79. The Morgan fingerprint density at radius 1 is 1.23 bits per heavy atom. The number of carbonyl (C=O) groups excluding carboxylic acids is 1. The lowest BCUT2D eigenvalue weighted by atomic mass is 10.1. The molecule has 1 amide bonds. The van der Waals surface area contributed by atoms with Gasteiger partial charge in [-0.1, -0.05) is 46.3 Å². The molecule has 1 aromatic heterocycles. The number of halogens is 2. The Bertz CT molecular complexity index is 879. The van der Waals surface area contributed by atoms with E-state index in [1.165, 1.54) is 16.8 Å². The van der Waals surface area contributed by atoms with Crippen molar-refractivity contribution in [3.05, 3.63) is 75.8 Å². The van der Waals surface area contributed by atoms with Gasteiger partial charge in [-0.25, -0.2) is 9.07 Å². The van der Waals surface area contributed by atoms with Gasteiger partial charge in [0, 0.05) is 17.4 Å². The minimum atomic E-state index is -0.593. The fraction of sp³-hybridized carbons (Fsp3) is 0.222. The maximum Gasteiger partial charge on any atom is 0.245 e. The van der Waals surface area contributed by atoms with Crippen LogP contribution in [0, 0.1) is 12.7 Å². The monoisotopic (exact) mass is 417 g/mol. The molecule has 0 spiro atoms. The number of nitrogens with zero attached hydrogens (tertiary/aromatic N) is 4. The molecule has 0 aliphatic heterocycles. The third-order valence-corrected chi connectivity index (χ3v) is 4.37. The Kier molecular flexibility index (Phi) is 5.72. The van der Waals surface area contributed by atoms with Crippen molar-refractivity contribution in [3.63, 3.8) is 0 Å². The van der Waals surface area contributed by atoms with Gasteiger partial charge in [-0.15, -0.1) is 5.10 Å². The molecule has 1 atom stereocenters. The van der Waals surface area contributed by atoms with Crippen molar-refractivity contribution in [2.45, 2.75) is 25.9 Å². The number of hydrogen-bond donors (Lipinski definition) is 1. The first-order chi connectivity index (χ1) is 12.5. The van der Waals surface area contributed by atoms with Crippen molar-refractivity contribution < 1.29 is 9.18 Å². The van der Waals surface area contributed by atoms with Gasteiger partial charge in [-0.05, 0) is 46.7 Å². The zero-order valence-corrected chi connectivity index (χ0v) is 15.6. The van der Waals surface area contributed by atoms with Crippen molar-refractivity contribution >= 4 is 21.8 Å². The molecular weight excluding hydrogens is 401 g/mol. The lowest BCUT2D eigenvalue weighted by molar-refractivity contribution is -0.124. The Morgan fingerprint density at radius 2 is 2.00 bits per heavy atom. The Balaban J connectivity index is 1.77. The van der Waals surface area contributed by atoms with E-state index in [-0.39, 0.29) is 18.3 Å². The molecule has 0 aliphatic rings. The summed E-state index contributed by atoms with van der Waals surface area (Å²) in [5.74, 6) is -0.0417. The molecular formula is C18H17BrFN5O. The molecule has 6 nitrogen and oxygen atoms in total. The summed E-state index contributed by atoms with van der Waals surface area (Å²) in [5.41, 5.74) is 1.66. The summed E-state index contributed by atoms with van der Waals surface area (Å²) >= 11 is 3.25. The van der Waals surface area contributed by atoms with E-state index in [1.54, 1.807) is 13.0 Å². The zero-order chi connectivity index (χ0) is 18.5. The van der Waals surface area contributed by atoms with Crippen LogP contribution in [0.1, 0.15) is 23.0 Å². The van der Waals surface area contributed by atoms with Gasteiger partial charge < -0.3 is 5.32 Å². The molecule has 3 aromatic rings. The topological polar surface area (TPSA) is 72.7 Å². The quantitative estimate of drug-likeness (QED) is 0.668. The highest BCUT2D eigenvalue weighted by molar-refractivity contribution is 9.10. The molecule has 8 heteroatoms. The predicted molar refractivity (Wildman–Crippen MR) is 97.7 cm³/mol. The maximum absolute atomic E-state index is 13.5. The van der Waals surface area contributed by atoms with E-state index in [2.05, 4.69) is 36.8 Å². The van der Waals surface area contributed by atoms with E-state index in [1.807, 2.05) is 30.3 Å². The summed E-state index contributed by atoms with van der Waals surface area (Å²) in [6.45, 7) is 1.95. The summed E-state index contributed by atoms with van der Waals surface area (Å²) < 4.78 is 15.6. The second-order valence-electron chi connectivity index (χ2n) is 5.87. The zero-order valence-electron chi connectivity index (χ0n) is 14.1. The van der Waals surface area contributed by atoms with Gasteiger partial charge in [0.25, 0.3) is 0 Å². The largest absolute Gasteiger partial charge is 0.350 e. The van der Waals surface area contributed by atoms with Gasteiger partial charge in [0.05, 0.1) is 0 Å². The molecule has 134 valence electrons. The minimum absolute atomic E-state index is 0.210. The van der Waals surface area contributed by atoms with Crippen LogP contribution < -0.4 is 5.32 Å². The minimum Gasteiger partial charge on any atom is -0.350 e. The van der Waals surface area contributed by atoms with E-state index in [0.29, 0.717) is 22.3 Å². The second kappa shape index (κ2) is 8.18. The molecule has 3 rings (SSSR count). The van der Waals surface area contributed by atoms with Crippen LogP contribution in [0.25, 0.3) is 0 Å². The molecule has 0 saturated carbocycles. The summed E-state index contributed by atoms with van der Waals surface area (Å²) in [6.07, 6.45) is 0.450. The van der Waals surface area contributed by atoms with Crippen LogP contribution in [0.15, 0.2) is 53.0 Å². The van der Waals surface area contributed by atoms with Gasteiger partial charge in [0.15, 0.2) is 0 Å². The highest BCUT2D eigenvalue weighted by Crippen LogP contribution is 2.17. The first-order valence-corrected chi connectivity index (χ1v) is 8.83. The van der Waals surface area contributed by atoms with Crippen LogP contribution in [0.5, 0.6) is 0 Å².